The molecule has 1 amide bonds. The molecule has 0 fully saturated rings. The predicted octanol–water partition coefficient (Wildman–Crippen LogP) is 1.59. The van der Waals surface area contributed by atoms with E-state index in [1.54, 1.807) is 0 Å². The summed E-state index contributed by atoms with van der Waals surface area (Å²) in [5.74, 6) is 0.630. The lowest BCUT2D eigenvalue weighted by Crippen LogP contribution is -2.34. The quantitative estimate of drug-likeness (QED) is 0.576. The van der Waals surface area contributed by atoms with Gasteiger partial charge in [-0.15, -0.1) is 0 Å². The third-order valence-electron chi connectivity index (χ3n) is 1.68. The molecule has 4 heteroatoms. The Morgan fingerprint density at radius 3 is 3.00 bits per heavy atom. The second-order valence-corrected chi connectivity index (χ2v) is 3.71. The first-order chi connectivity index (χ1) is 5.79. The van der Waals surface area contributed by atoms with E-state index in [1.807, 2.05) is 24.3 Å². The number of alkyl halides is 1. The standard InChI is InChI=1S/C8H6INO2/c9-7-5-3-1-2-4-6(5)12-10-8(7)11/h1-4,7H,(H,10,11). The van der Waals surface area contributed by atoms with E-state index < -0.39 is 0 Å². The van der Waals surface area contributed by atoms with Gasteiger partial charge in [-0.2, -0.15) is 5.48 Å². The summed E-state index contributed by atoms with van der Waals surface area (Å²) in [6, 6.07) is 7.50. The van der Waals surface area contributed by atoms with Crippen molar-refractivity contribution in [1.82, 2.24) is 5.48 Å². The largest absolute Gasteiger partial charge is 0.379 e. The summed E-state index contributed by atoms with van der Waals surface area (Å²) >= 11 is 2.08. The molecule has 0 aliphatic carbocycles. The highest BCUT2D eigenvalue weighted by Crippen LogP contribution is 2.33. The zero-order valence-electron chi connectivity index (χ0n) is 6.08. The van der Waals surface area contributed by atoms with Crippen LogP contribution in [-0.4, -0.2) is 5.91 Å². The number of hydrogen-bond acceptors (Lipinski definition) is 2. The van der Waals surface area contributed by atoms with Gasteiger partial charge in [0.25, 0.3) is 5.91 Å². The maximum absolute atomic E-state index is 11.1. The maximum Gasteiger partial charge on any atom is 0.270 e. The summed E-state index contributed by atoms with van der Waals surface area (Å²) in [4.78, 5) is 16.1. The van der Waals surface area contributed by atoms with E-state index >= 15 is 0 Å². The summed E-state index contributed by atoms with van der Waals surface area (Å²) in [6.07, 6.45) is 0. The van der Waals surface area contributed by atoms with Gasteiger partial charge in [0.05, 0.1) is 0 Å². The Labute approximate surface area is 83.2 Å². The molecule has 1 N–H and O–H groups in total. The average molecular weight is 275 g/mol. The molecule has 62 valence electrons. The van der Waals surface area contributed by atoms with Crippen LogP contribution in [0.1, 0.15) is 9.49 Å². The third kappa shape index (κ3) is 1.16. The van der Waals surface area contributed by atoms with Gasteiger partial charge in [0.2, 0.25) is 0 Å². The monoisotopic (exact) mass is 275 g/mol. The Morgan fingerprint density at radius 1 is 1.42 bits per heavy atom. The minimum Gasteiger partial charge on any atom is -0.379 e. The van der Waals surface area contributed by atoms with Gasteiger partial charge in [0.1, 0.15) is 3.92 Å². The number of carbonyl (C=O) groups excluding carboxylic acids is 1. The van der Waals surface area contributed by atoms with Crippen LogP contribution in [0.2, 0.25) is 0 Å². The van der Waals surface area contributed by atoms with Crippen LogP contribution in [0.25, 0.3) is 0 Å². The molecule has 1 aliphatic heterocycles. The number of rotatable bonds is 0. The molecule has 0 radical (unpaired) electrons. The molecule has 1 unspecified atom stereocenters. The van der Waals surface area contributed by atoms with E-state index in [-0.39, 0.29) is 9.83 Å². The molecule has 12 heavy (non-hydrogen) atoms. The van der Waals surface area contributed by atoms with Crippen LogP contribution in [-0.2, 0) is 4.79 Å². The molecular weight excluding hydrogens is 269 g/mol. The van der Waals surface area contributed by atoms with E-state index in [4.69, 9.17) is 4.84 Å². The molecule has 1 heterocycles. The molecule has 0 saturated carbocycles. The summed E-state index contributed by atoms with van der Waals surface area (Å²) in [5.41, 5.74) is 3.27. The van der Waals surface area contributed by atoms with Gasteiger partial charge in [0.15, 0.2) is 5.75 Å². The van der Waals surface area contributed by atoms with E-state index in [2.05, 4.69) is 28.1 Å². The van der Waals surface area contributed by atoms with Crippen LogP contribution in [0.5, 0.6) is 5.75 Å². The smallest absolute Gasteiger partial charge is 0.270 e. The third-order valence-corrected chi connectivity index (χ3v) is 2.92. The van der Waals surface area contributed by atoms with Gasteiger partial charge in [-0.1, -0.05) is 40.8 Å². The summed E-state index contributed by atoms with van der Waals surface area (Å²) in [5, 5.41) is 0. The highest BCUT2D eigenvalue weighted by atomic mass is 127. The van der Waals surface area contributed by atoms with Crippen molar-refractivity contribution in [3.63, 3.8) is 0 Å². The first-order valence-electron chi connectivity index (χ1n) is 3.49. The van der Waals surface area contributed by atoms with Gasteiger partial charge < -0.3 is 4.84 Å². The topological polar surface area (TPSA) is 38.3 Å². The number of halogens is 1. The number of hydroxylamine groups is 1. The van der Waals surface area contributed by atoms with Crippen molar-refractivity contribution in [2.75, 3.05) is 0 Å². The van der Waals surface area contributed by atoms with E-state index in [0.29, 0.717) is 0 Å². The molecule has 1 atom stereocenters. The normalized spacial score (nSPS) is 20.8. The minimum atomic E-state index is -0.146. The van der Waals surface area contributed by atoms with Crippen LogP contribution in [0.3, 0.4) is 0 Å². The zero-order valence-corrected chi connectivity index (χ0v) is 8.24. The molecule has 2 rings (SSSR count). The lowest BCUT2D eigenvalue weighted by molar-refractivity contribution is -0.128. The van der Waals surface area contributed by atoms with Crippen LogP contribution >= 0.6 is 22.6 Å². The fraction of sp³-hybridized carbons (Fsp3) is 0.125. The van der Waals surface area contributed by atoms with Gasteiger partial charge in [0, 0.05) is 5.56 Å². The molecule has 0 spiro atoms. The van der Waals surface area contributed by atoms with Crippen molar-refractivity contribution in [2.24, 2.45) is 0 Å². The van der Waals surface area contributed by atoms with Crippen molar-refractivity contribution in [3.05, 3.63) is 29.8 Å². The Bertz CT molecular complexity index is 327. The second kappa shape index (κ2) is 2.93. The predicted molar refractivity (Wildman–Crippen MR) is 52.0 cm³/mol. The summed E-state index contributed by atoms with van der Waals surface area (Å²) in [7, 11) is 0. The maximum atomic E-state index is 11.1. The number of amides is 1. The lowest BCUT2D eigenvalue weighted by Gasteiger charge is -2.20. The van der Waals surface area contributed by atoms with Crippen LogP contribution in [0.15, 0.2) is 24.3 Å². The van der Waals surface area contributed by atoms with Crippen molar-refractivity contribution in [3.8, 4) is 5.75 Å². The van der Waals surface area contributed by atoms with Gasteiger partial charge >= 0.3 is 0 Å². The molecule has 1 aliphatic rings. The zero-order chi connectivity index (χ0) is 8.55. The SMILES string of the molecule is O=C1NOc2ccccc2C1I. The number of para-hydroxylation sites is 1. The first-order valence-corrected chi connectivity index (χ1v) is 4.73. The minimum absolute atomic E-state index is 0.102. The number of benzene rings is 1. The molecule has 1 aromatic carbocycles. The molecule has 1 aromatic rings. The van der Waals surface area contributed by atoms with Crippen LogP contribution < -0.4 is 10.3 Å². The Morgan fingerprint density at radius 2 is 2.17 bits per heavy atom. The fourth-order valence-electron chi connectivity index (χ4n) is 1.08. The Kier molecular flexibility index (Phi) is 1.92. The van der Waals surface area contributed by atoms with Crippen molar-refractivity contribution in [2.45, 2.75) is 3.92 Å². The van der Waals surface area contributed by atoms with Gasteiger partial charge in [-0.3, -0.25) is 4.79 Å². The number of carbonyl (C=O) groups is 1. The van der Waals surface area contributed by atoms with Crippen LogP contribution in [0.4, 0.5) is 0 Å². The highest BCUT2D eigenvalue weighted by molar-refractivity contribution is 14.1. The highest BCUT2D eigenvalue weighted by Gasteiger charge is 2.25. The lowest BCUT2D eigenvalue weighted by atomic mass is 10.1. The number of hydrogen-bond donors (Lipinski definition) is 1. The fourth-order valence-corrected chi connectivity index (χ4v) is 1.72. The first kappa shape index (κ1) is 7.85. The van der Waals surface area contributed by atoms with Gasteiger partial charge in [-0.05, 0) is 6.07 Å². The van der Waals surface area contributed by atoms with Crippen molar-refractivity contribution in [1.29, 1.82) is 0 Å². The van der Waals surface area contributed by atoms with E-state index in [0.717, 1.165) is 11.3 Å². The molecule has 3 nitrogen and oxygen atoms in total. The Balaban J connectivity index is 2.48. The molecule has 0 bridgehead atoms. The molecule has 0 aromatic heterocycles. The second-order valence-electron chi connectivity index (χ2n) is 2.47. The number of fused-ring (bicyclic) bond motifs is 1. The average Bonchev–Trinajstić information content (AvgIpc) is 2.12. The van der Waals surface area contributed by atoms with E-state index in [9.17, 15) is 4.79 Å². The summed E-state index contributed by atoms with van der Waals surface area (Å²) < 4.78 is -0.146. The van der Waals surface area contributed by atoms with E-state index in [1.165, 1.54) is 0 Å². The molecule has 0 saturated heterocycles. The van der Waals surface area contributed by atoms with Crippen molar-refractivity contribution >= 4 is 28.5 Å². The summed E-state index contributed by atoms with van der Waals surface area (Å²) in [6.45, 7) is 0. The van der Waals surface area contributed by atoms with Gasteiger partial charge in [-0.25, -0.2) is 0 Å². The number of nitrogens with one attached hydrogen (secondary N) is 1. The van der Waals surface area contributed by atoms with Crippen molar-refractivity contribution < 1.29 is 9.63 Å². The van der Waals surface area contributed by atoms with Crippen LogP contribution in [0, 0.1) is 0 Å². The molecular formula is C8H6INO2. The Hall–Kier alpha value is -0.780.